The molecule has 0 fully saturated rings. The third-order valence-electron chi connectivity index (χ3n) is 1.22. The SMILES string of the molecule is COCC(SCC(=O)OC)C(=O)O. The molecule has 0 rings (SSSR count). The largest absolute Gasteiger partial charge is 0.480 e. The van der Waals surface area contributed by atoms with E-state index in [2.05, 4.69) is 9.47 Å². The molecule has 0 aromatic heterocycles. The molecule has 0 amide bonds. The fourth-order valence-corrected chi connectivity index (χ4v) is 1.40. The van der Waals surface area contributed by atoms with E-state index in [4.69, 9.17) is 5.11 Å². The van der Waals surface area contributed by atoms with E-state index in [1.54, 1.807) is 0 Å². The number of carbonyl (C=O) groups is 2. The van der Waals surface area contributed by atoms with Crippen molar-refractivity contribution >= 4 is 23.7 Å². The standard InChI is InChI=1S/C7H12O5S/c1-11-3-5(7(9)10)13-4-6(8)12-2/h5H,3-4H2,1-2H3,(H,9,10). The van der Waals surface area contributed by atoms with Gasteiger partial charge in [0.15, 0.2) is 0 Å². The first-order valence-electron chi connectivity index (χ1n) is 3.52. The van der Waals surface area contributed by atoms with E-state index in [1.165, 1.54) is 14.2 Å². The highest BCUT2D eigenvalue weighted by molar-refractivity contribution is 8.01. The minimum Gasteiger partial charge on any atom is -0.480 e. The number of aliphatic carboxylic acids is 1. The number of hydrogen-bond donors (Lipinski definition) is 1. The van der Waals surface area contributed by atoms with Crippen molar-refractivity contribution in [1.29, 1.82) is 0 Å². The molecule has 0 aromatic carbocycles. The predicted octanol–water partition coefficient (Wildman–Crippen LogP) is -0.00780. The summed E-state index contributed by atoms with van der Waals surface area (Å²) in [6, 6.07) is 0. The average Bonchev–Trinajstić information content (AvgIpc) is 2.11. The number of esters is 1. The molecule has 0 bridgehead atoms. The van der Waals surface area contributed by atoms with Crippen molar-refractivity contribution in [1.82, 2.24) is 0 Å². The zero-order valence-electron chi connectivity index (χ0n) is 7.48. The molecular formula is C7H12O5S. The van der Waals surface area contributed by atoms with Gasteiger partial charge in [-0.25, -0.2) is 0 Å². The summed E-state index contributed by atoms with van der Waals surface area (Å²) in [4.78, 5) is 21.2. The van der Waals surface area contributed by atoms with E-state index in [-0.39, 0.29) is 12.4 Å². The molecular weight excluding hydrogens is 196 g/mol. The van der Waals surface area contributed by atoms with Gasteiger partial charge in [-0.1, -0.05) is 0 Å². The van der Waals surface area contributed by atoms with Crippen LogP contribution in [0.5, 0.6) is 0 Å². The zero-order valence-corrected chi connectivity index (χ0v) is 8.30. The number of carbonyl (C=O) groups excluding carboxylic acids is 1. The van der Waals surface area contributed by atoms with Gasteiger partial charge in [0.1, 0.15) is 5.25 Å². The minimum atomic E-state index is -0.990. The van der Waals surface area contributed by atoms with Crippen LogP contribution in [0.2, 0.25) is 0 Å². The second-order valence-corrected chi connectivity index (χ2v) is 3.36. The van der Waals surface area contributed by atoms with E-state index in [9.17, 15) is 9.59 Å². The van der Waals surface area contributed by atoms with Crippen LogP contribution in [0.15, 0.2) is 0 Å². The summed E-state index contributed by atoms with van der Waals surface area (Å²) in [6.45, 7) is 0.0804. The van der Waals surface area contributed by atoms with E-state index >= 15 is 0 Å². The van der Waals surface area contributed by atoms with Crippen LogP contribution in [0.1, 0.15) is 0 Å². The van der Waals surface area contributed by atoms with E-state index in [0.29, 0.717) is 0 Å². The summed E-state index contributed by atoms with van der Waals surface area (Å²) in [6.07, 6.45) is 0. The van der Waals surface area contributed by atoms with Crippen LogP contribution in [0.3, 0.4) is 0 Å². The number of carboxylic acids is 1. The summed E-state index contributed by atoms with van der Waals surface area (Å²) in [7, 11) is 2.67. The van der Waals surface area contributed by atoms with Crippen molar-refractivity contribution in [3.05, 3.63) is 0 Å². The van der Waals surface area contributed by atoms with Crippen molar-refractivity contribution < 1.29 is 24.2 Å². The van der Waals surface area contributed by atoms with Gasteiger partial charge < -0.3 is 14.6 Å². The van der Waals surface area contributed by atoms with Gasteiger partial charge in [-0.05, 0) is 0 Å². The lowest BCUT2D eigenvalue weighted by Gasteiger charge is -2.09. The molecule has 0 aliphatic heterocycles. The lowest BCUT2D eigenvalue weighted by molar-refractivity contribution is -0.137. The molecule has 0 aliphatic rings. The first-order chi connectivity index (χ1) is 6.11. The Hall–Kier alpha value is -0.750. The lowest BCUT2D eigenvalue weighted by Crippen LogP contribution is -2.23. The first-order valence-corrected chi connectivity index (χ1v) is 4.56. The Morgan fingerprint density at radius 1 is 1.46 bits per heavy atom. The summed E-state index contributed by atoms with van der Waals surface area (Å²) in [5.41, 5.74) is 0. The number of methoxy groups -OCH3 is 2. The zero-order chi connectivity index (χ0) is 10.3. The molecule has 0 saturated heterocycles. The van der Waals surface area contributed by atoms with Gasteiger partial charge in [-0.15, -0.1) is 11.8 Å². The molecule has 0 aliphatic carbocycles. The van der Waals surface area contributed by atoms with E-state index in [1.807, 2.05) is 0 Å². The Kier molecular flexibility index (Phi) is 6.34. The maximum absolute atomic E-state index is 10.7. The molecule has 0 radical (unpaired) electrons. The summed E-state index contributed by atoms with van der Waals surface area (Å²) >= 11 is 0.988. The Morgan fingerprint density at radius 2 is 2.08 bits per heavy atom. The quantitative estimate of drug-likeness (QED) is 0.619. The highest BCUT2D eigenvalue weighted by Gasteiger charge is 2.19. The van der Waals surface area contributed by atoms with Crippen LogP contribution >= 0.6 is 11.8 Å². The predicted molar refractivity (Wildman–Crippen MR) is 47.8 cm³/mol. The number of hydrogen-bond acceptors (Lipinski definition) is 5. The molecule has 13 heavy (non-hydrogen) atoms. The van der Waals surface area contributed by atoms with Crippen LogP contribution in [0.4, 0.5) is 0 Å². The van der Waals surface area contributed by atoms with Gasteiger partial charge >= 0.3 is 11.9 Å². The molecule has 0 saturated carbocycles. The minimum absolute atomic E-state index is 0.0246. The molecule has 0 heterocycles. The van der Waals surface area contributed by atoms with Gasteiger partial charge in [0.2, 0.25) is 0 Å². The van der Waals surface area contributed by atoms with Crippen LogP contribution in [-0.4, -0.2) is 48.9 Å². The van der Waals surface area contributed by atoms with Gasteiger partial charge in [0.25, 0.3) is 0 Å². The molecule has 76 valence electrons. The van der Waals surface area contributed by atoms with Crippen molar-refractivity contribution in [3.63, 3.8) is 0 Å². The Balaban J connectivity index is 3.82. The third kappa shape index (κ3) is 5.48. The van der Waals surface area contributed by atoms with Gasteiger partial charge in [0.05, 0.1) is 19.5 Å². The molecule has 6 heteroatoms. The van der Waals surface area contributed by atoms with Gasteiger partial charge in [0, 0.05) is 7.11 Å². The lowest BCUT2D eigenvalue weighted by atomic mass is 10.5. The van der Waals surface area contributed by atoms with Crippen LogP contribution < -0.4 is 0 Å². The highest BCUT2D eigenvalue weighted by atomic mass is 32.2. The fraction of sp³-hybridized carbons (Fsp3) is 0.714. The Bertz CT molecular complexity index is 182. The topological polar surface area (TPSA) is 72.8 Å². The maximum Gasteiger partial charge on any atom is 0.319 e. The van der Waals surface area contributed by atoms with Crippen molar-refractivity contribution in [2.24, 2.45) is 0 Å². The fourth-order valence-electron chi connectivity index (χ4n) is 0.570. The van der Waals surface area contributed by atoms with Crippen LogP contribution in [0, 0.1) is 0 Å². The number of carboxylic acid groups (broad SMARTS) is 1. The smallest absolute Gasteiger partial charge is 0.319 e. The number of thioether (sulfide) groups is 1. The average molecular weight is 208 g/mol. The molecule has 5 nitrogen and oxygen atoms in total. The summed E-state index contributed by atoms with van der Waals surface area (Å²) < 4.78 is 9.04. The van der Waals surface area contributed by atoms with Crippen molar-refractivity contribution in [3.8, 4) is 0 Å². The normalized spacial score (nSPS) is 12.2. The Morgan fingerprint density at radius 3 is 2.46 bits per heavy atom. The first kappa shape index (κ1) is 12.2. The monoisotopic (exact) mass is 208 g/mol. The summed E-state index contributed by atoms with van der Waals surface area (Å²) in [5.74, 6) is -1.40. The summed E-state index contributed by atoms with van der Waals surface area (Å²) in [5, 5.41) is 7.92. The highest BCUT2D eigenvalue weighted by Crippen LogP contribution is 2.11. The molecule has 1 unspecified atom stereocenters. The van der Waals surface area contributed by atoms with Crippen LogP contribution in [0.25, 0.3) is 0 Å². The van der Waals surface area contributed by atoms with E-state index in [0.717, 1.165) is 11.8 Å². The molecule has 1 N–H and O–H groups in total. The Labute approximate surface area is 80.4 Å². The van der Waals surface area contributed by atoms with Crippen LogP contribution in [-0.2, 0) is 19.1 Å². The third-order valence-corrected chi connectivity index (χ3v) is 2.37. The maximum atomic E-state index is 10.7. The molecule has 0 aromatic rings. The molecule has 0 spiro atoms. The second kappa shape index (κ2) is 6.73. The van der Waals surface area contributed by atoms with Gasteiger partial charge in [-0.2, -0.15) is 0 Å². The van der Waals surface area contributed by atoms with E-state index < -0.39 is 17.2 Å². The number of rotatable bonds is 6. The van der Waals surface area contributed by atoms with Gasteiger partial charge in [-0.3, -0.25) is 9.59 Å². The molecule has 1 atom stereocenters. The van der Waals surface area contributed by atoms with Crippen molar-refractivity contribution in [2.45, 2.75) is 5.25 Å². The number of ether oxygens (including phenoxy) is 2. The second-order valence-electron chi connectivity index (χ2n) is 2.17. The van der Waals surface area contributed by atoms with Crippen molar-refractivity contribution in [2.75, 3.05) is 26.6 Å².